The maximum atomic E-state index is 11.6. The first kappa shape index (κ1) is 14.4. The van der Waals surface area contributed by atoms with Crippen molar-refractivity contribution in [2.75, 3.05) is 25.9 Å². The van der Waals surface area contributed by atoms with Crippen LogP contribution < -0.4 is 11.1 Å². The normalized spacial score (nSPS) is 18.1. The van der Waals surface area contributed by atoms with E-state index in [0.29, 0.717) is 12.5 Å². The average molecular weight is 263 g/mol. The molecule has 0 radical (unpaired) electrons. The quantitative estimate of drug-likeness (QED) is 0.624. The number of amides is 1. The van der Waals surface area contributed by atoms with Gasteiger partial charge in [-0.25, -0.2) is 8.42 Å². The van der Waals surface area contributed by atoms with Crippen LogP contribution in [-0.4, -0.2) is 50.6 Å². The zero-order valence-corrected chi connectivity index (χ0v) is 11.2. The second kappa shape index (κ2) is 5.79. The van der Waals surface area contributed by atoms with Gasteiger partial charge in [-0.05, 0) is 25.7 Å². The Bertz CT molecular complexity index is 365. The maximum absolute atomic E-state index is 11.6. The largest absolute Gasteiger partial charge is 0.351 e. The Morgan fingerprint density at radius 1 is 1.53 bits per heavy atom. The van der Waals surface area contributed by atoms with E-state index in [-0.39, 0.29) is 24.2 Å². The predicted molar refractivity (Wildman–Crippen MR) is 65.8 cm³/mol. The lowest BCUT2D eigenvalue weighted by atomic mass is 10.2. The molecule has 1 amide bonds. The number of nitrogens with one attached hydrogen (secondary N) is 1. The van der Waals surface area contributed by atoms with Crippen LogP contribution in [-0.2, 0) is 14.8 Å². The number of hydrogen-bond donors (Lipinski definition) is 2. The van der Waals surface area contributed by atoms with E-state index in [0.717, 1.165) is 17.1 Å². The van der Waals surface area contributed by atoms with Gasteiger partial charge in [0.15, 0.2) is 0 Å². The van der Waals surface area contributed by atoms with Crippen molar-refractivity contribution < 1.29 is 13.2 Å². The van der Waals surface area contributed by atoms with Crippen LogP contribution in [0.5, 0.6) is 0 Å². The molecule has 0 aliphatic heterocycles. The van der Waals surface area contributed by atoms with Gasteiger partial charge >= 0.3 is 0 Å². The van der Waals surface area contributed by atoms with Crippen molar-refractivity contribution in [3.05, 3.63) is 0 Å². The van der Waals surface area contributed by atoms with Gasteiger partial charge in [0.1, 0.15) is 0 Å². The summed E-state index contributed by atoms with van der Waals surface area (Å²) in [6.45, 7) is 1.82. The minimum absolute atomic E-state index is 0.000275. The van der Waals surface area contributed by atoms with Crippen LogP contribution in [0.25, 0.3) is 0 Å². The summed E-state index contributed by atoms with van der Waals surface area (Å²) in [6.07, 6.45) is 2.18. The van der Waals surface area contributed by atoms with Gasteiger partial charge in [0.25, 0.3) is 0 Å². The summed E-state index contributed by atoms with van der Waals surface area (Å²) < 4.78 is 24.0. The molecule has 1 rings (SSSR count). The Hall–Kier alpha value is -0.660. The Morgan fingerprint density at radius 2 is 2.12 bits per heavy atom. The highest BCUT2D eigenvalue weighted by Gasteiger charge is 2.31. The van der Waals surface area contributed by atoms with Crippen LogP contribution in [0.2, 0.25) is 0 Å². The molecule has 0 aromatic rings. The number of sulfonamides is 1. The van der Waals surface area contributed by atoms with E-state index in [9.17, 15) is 13.2 Å². The van der Waals surface area contributed by atoms with Crippen molar-refractivity contribution in [1.29, 1.82) is 0 Å². The molecule has 3 N–H and O–H groups in total. The summed E-state index contributed by atoms with van der Waals surface area (Å²) >= 11 is 0. The van der Waals surface area contributed by atoms with Crippen molar-refractivity contribution in [1.82, 2.24) is 9.62 Å². The average Bonchev–Trinajstić information content (AvgIpc) is 3.09. The fourth-order valence-electron chi connectivity index (χ4n) is 1.64. The second-order valence-electron chi connectivity index (χ2n) is 4.40. The van der Waals surface area contributed by atoms with Crippen molar-refractivity contribution in [2.24, 2.45) is 11.7 Å². The molecule has 1 aliphatic rings. The first-order valence-corrected chi connectivity index (χ1v) is 7.45. The zero-order valence-electron chi connectivity index (χ0n) is 10.3. The Morgan fingerprint density at radius 3 is 2.53 bits per heavy atom. The summed E-state index contributed by atoms with van der Waals surface area (Å²) in [7, 11) is -1.89. The number of nitrogens with two attached hydrogens (primary N) is 1. The van der Waals surface area contributed by atoms with Crippen molar-refractivity contribution in [2.45, 2.75) is 25.8 Å². The maximum Gasteiger partial charge on any atom is 0.235 e. The van der Waals surface area contributed by atoms with E-state index in [2.05, 4.69) is 5.32 Å². The number of carbonyl (C=O) groups excluding carboxylic acids is 1. The Balaban J connectivity index is 2.43. The van der Waals surface area contributed by atoms with Gasteiger partial charge in [0, 0.05) is 19.6 Å². The minimum atomic E-state index is -3.30. The van der Waals surface area contributed by atoms with Crippen LogP contribution in [0.15, 0.2) is 0 Å². The summed E-state index contributed by atoms with van der Waals surface area (Å²) in [5.41, 5.74) is 5.56. The SMILES string of the molecule is CCS(=O)(=O)N(C)CC(=O)NC(CN)C1CC1. The third-order valence-electron chi connectivity index (χ3n) is 3.00. The zero-order chi connectivity index (χ0) is 13.1. The fraction of sp³-hybridized carbons (Fsp3) is 0.900. The summed E-state index contributed by atoms with van der Waals surface area (Å²) in [4.78, 5) is 11.6. The summed E-state index contributed by atoms with van der Waals surface area (Å²) in [6, 6.07) is -0.0137. The summed E-state index contributed by atoms with van der Waals surface area (Å²) in [5, 5.41) is 2.79. The smallest absolute Gasteiger partial charge is 0.235 e. The molecule has 17 heavy (non-hydrogen) atoms. The molecule has 1 fully saturated rings. The van der Waals surface area contributed by atoms with E-state index < -0.39 is 10.0 Å². The monoisotopic (exact) mass is 263 g/mol. The van der Waals surface area contributed by atoms with Gasteiger partial charge in [0.05, 0.1) is 12.3 Å². The van der Waals surface area contributed by atoms with Gasteiger partial charge < -0.3 is 11.1 Å². The number of carbonyl (C=O) groups is 1. The van der Waals surface area contributed by atoms with E-state index in [1.54, 1.807) is 6.92 Å². The highest BCUT2D eigenvalue weighted by Crippen LogP contribution is 2.32. The topological polar surface area (TPSA) is 92.5 Å². The number of likely N-dealkylation sites (N-methyl/N-ethyl adjacent to an activating group) is 1. The van der Waals surface area contributed by atoms with Crippen LogP contribution in [0.4, 0.5) is 0 Å². The number of nitrogens with zero attached hydrogens (tertiary/aromatic N) is 1. The lowest BCUT2D eigenvalue weighted by Crippen LogP contribution is -2.46. The molecular formula is C10H21N3O3S. The highest BCUT2D eigenvalue weighted by atomic mass is 32.2. The van der Waals surface area contributed by atoms with E-state index in [4.69, 9.17) is 5.73 Å². The first-order chi connectivity index (χ1) is 7.90. The van der Waals surface area contributed by atoms with Gasteiger partial charge in [0.2, 0.25) is 15.9 Å². The predicted octanol–water partition coefficient (Wildman–Crippen LogP) is -0.879. The molecule has 0 bridgehead atoms. The molecule has 0 spiro atoms. The molecule has 1 saturated carbocycles. The molecule has 7 heteroatoms. The van der Waals surface area contributed by atoms with Crippen LogP contribution in [0.1, 0.15) is 19.8 Å². The molecule has 0 aromatic heterocycles. The summed E-state index contributed by atoms with van der Waals surface area (Å²) in [5.74, 6) is 0.184. The van der Waals surface area contributed by atoms with Gasteiger partial charge in [-0.2, -0.15) is 4.31 Å². The number of hydrogen-bond acceptors (Lipinski definition) is 4. The minimum Gasteiger partial charge on any atom is -0.351 e. The van der Waals surface area contributed by atoms with Crippen molar-refractivity contribution in [3.63, 3.8) is 0 Å². The lowest BCUT2D eigenvalue weighted by Gasteiger charge is -2.19. The molecule has 1 unspecified atom stereocenters. The van der Waals surface area contributed by atoms with Crippen LogP contribution in [0.3, 0.4) is 0 Å². The Labute approximate surface area is 103 Å². The first-order valence-electron chi connectivity index (χ1n) is 5.84. The lowest BCUT2D eigenvalue weighted by molar-refractivity contribution is -0.121. The molecule has 0 aromatic carbocycles. The number of rotatable bonds is 7. The molecule has 0 heterocycles. The second-order valence-corrected chi connectivity index (χ2v) is 6.77. The Kier molecular flexibility index (Phi) is 4.91. The van der Waals surface area contributed by atoms with E-state index >= 15 is 0 Å². The fourth-order valence-corrected chi connectivity index (χ4v) is 2.40. The highest BCUT2D eigenvalue weighted by molar-refractivity contribution is 7.89. The van der Waals surface area contributed by atoms with Crippen LogP contribution in [0, 0.1) is 5.92 Å². The van der Waals surface area contributed by atoms with Crippen LogP contribution >= 0.6 is 0 Å². The van der Waals surface area contributed by atoms with Crippen molar-refractivity contribution >= 4 is 15.9 Å². The third kappa shape index (κ3) is 4.25. The molecule has 0 saturated heterocycles. The van der Waals surface area contributed by atoms with Gasteiger partial charge in [-0.3, -0.25) is 4.79 Å². The molecule has 1 aliphatic carbocycles. The molecule has 100 valence electrons. The van der Waals surface area contributed by atoms with Gasteiger partial charge in [-0.15, -0.1) is 0 Å². The third-order valence-corrected chi connectivity index (χ3v) is 4.81. The standard InChI is InChI=1S/C10H21N3O3S/c1-3-17(15,16)13(2)7-10(14)12-9(6-11)8-4-5-8/h8-9H,3-7,11H2,1-2H3,(H,12,14). The molecule has 1 atom stereocenters. The van der Waals surface area contributed by atoms with Gasteiger partial charge in [-0.1, -0.05) is 0 Å². The van der Waals surface area contributed by atoms with E-state index in [1.807, 2.05) is 0 Å². The molecular weight excluding hydrogens is 242 g/mol. The molecule has 6 nitrogen and oxygen atoms in total. The van der Waals surface area contributed by atoms with E-state index in [1.165, 1.54) is 7.05 Å². The van der Waals surface area contributed by atoms with Crippen molar-refractivity contribution in [3.8, 4) is 0 Å².